The van der Waals surface area contributed by atoms with Crippen LogP contribution in [0.2, 0.25) is 0 Å². The number of carbonyl (C=O) groups excluding carboxylic acids is 3. The number of nitrogens with zero attached hydrogens (tertiary/aromatic N) is 1. The average molecular weight is 558 g/mol. The number of rotatable bonds is 9. The third kappa shape index (κ3) is 8.92. The minimum atomic E-state index is -1.19. The van der Waals surface area contributed by atoms with Gasteiger partial charge in [0.1, 0.15) is 23.4 Å². The molecule has 0 aliphatic carbocycles. The van der Waals surface area contributed by atoms with E-state index in [1.165, 1.54) is 11.0 Å². The van der Waals surface area contributed by atoms with Crippen molar-refractivity contribution in [3.8, 4) is 5.75 Å². The van der Waals surface area contributed by atoms with Gasteiger partial charge in [0, 0.05) is 16.8 Å². The maximum Gasteiger partial charge on any atom is 0.408 e. The zero-order valence-corrected chi connectivity index (χ0v) is 25.4. The number of phenols is 1. The summed E-state index contributed by atoms with van der Waals surface area (Å²) in [6.07, 6.45) is 1.53. The van der Waals surface area contributed by atoms with Crippen LogP contribution >= 0.6 is 11.8 Å². The van der Waals surface area contributed by atoms with Crippen LogP contribution in [0.25, 0.3) is 0 Å². The lowest BCUT2D eigenvalue weighted by Crippen LogP contribution is -2.58. The minimum Gasteiger partial charge on any atom is -0.508 e. The SMILES string of the molecule is CSCCC(NC(=O)OC(C)(C)C)C(=O)N(C(C(=O)Nc1c(C)cccc1C)c1ccccc1O)C(C)(C)C. The van der Waals surface area contributed by atoms with E-state index in [2.05, 4.69) is 10.6 Å². The number of hydrogen-bond acceptors (Lipinski definition) is 6. The summed E-state index contributed by atoms with van der Waals surface area (Å²) < 4.78 is 5.43. The van der Waals surface area contributed by atoms with Gasteiger partial charge in [0.2, 0.25) is 5.91 Å². The number of aryl methyl sites for hydroxylation is 2. The Morgan fingerprint density at radius 3 is 2.08 bits per heavy atom. The van der Waals surface area contributed by atoms with E-state index in [0.717, 1.165) is 11.1 Å². The Bertz CT molecular complexity index is 1150. The van der Waals surface area contributed by atoms with Crippen LogP contribution in [-0.4, -0.2) is 57.1 Å². The van der Waals surface area contributed by atoms with Gasteiger partial charge in [-0.1, -0.05) is 36.4 Å². The fourth-order valence-electron chi connectivity index (χ4n) is 4.28. The molecule has 2 atom stereocenters. The number of amides is 3. The smallest absolute Gasteiger partial charge is 0.408 e. The van der Waals surface area contributed by atoms with Gasteiger partial charge in [-0.15, -0.1) is 0 Å². The second kappa shape index (κ2) is 13.2. The van der Waals surface area contributed by atoms with Crippen LogP contribution in [-0.2, 0) is 14.3 Å². The predicted octanol–water partition coefficient (Wildman–Crippen LogP) is 5.96. The summed E-state index contributed by atoms with van der Waals surface area (Å²) in [5.41, 5.74) is 1.07. The van der Waals surface area contributed by atoms with Gasteiger partial charge in [-0.05, 0) is 91.0 Å². The topological polar surface area (TPSA) is 108 Å². The zero-order valence-electron chi connectivity index (χ0n) is 24.5. The van der Waals surface area contributed by atoms with Crippen LogP contribution in [0.3, 0.4) is 0 Å². The Morgan fingerprint density at radius 2 is 1.56 bits per heavy atom. The first-order valence-electron chi connectivity index (χ1n) is 13.0. The first-order valence-corrected chi connectivity index (χ1v) is 14.4. The van der Waals surface area contributed by atoms with E-state index in [4.69, 9.17) is 4.74 Å². The molecule has 0 aliphatic rings. The molecule has 39 heavy (non-hydrogen) atoms. The molecule has 0 fully saturated rings. The predicted molar refractivity (Wildman–Crippen MR) is 158 cm³/mol. The summed E-state index contributed by atoms with van der Waals surface area (Å²) in [6, 6.07) is 10.1. The van der Waals surface area contributed by atoms with Gasteiger partial charge in [0.05, 0.1) is 0 Å². The molecule has 2 unspecified atom stereocenters. The number of para-hydroxylation sites is 2. The van der Waals surface area contributed by atoms with E-state index in [9.17, 15) is 19.5 Å². The molecule has 8 nitrogen and oxygen atoms in total. The summed E-state index contributed by atoms with van der Waals surface area (Å²) in [6.45, 7) is 14.5. The standard InChI is InChI=1S/C30H43N3O5S/c1-19-13-12-14-20(2)24(19)32-26(35)25(21-15-10-11-16-23(21)34)33(29(3,4)5)27(36)22(17-18-39-9)31-28(37)38-30(6,7)8/h10-16,22,25,34H,17-18H2,1-9H3,(H,31,37)(H,32,35). The average Bonchev–Trinajstić information content (AvgIpc) is 2.80. The molecule has 0 aromatic heterocycles. The van der Waals surface area contributed by atoms with Gasteiger partial charge in [-0.3, -0.25) is 9.59 Å². The monoisotopic (exact) mass is 557 g/mol. The van der Waals surface area contributed by atoms with E-state index in [1.807, 2.05) is 59.1 Å². The van der Waals surface area contributed by atoms with Crippen LogP contribution in [0.15, 0.2) is 42.5 Å². The van der Waals surface area contributed by atoms with E-state index in [1.54, 1.807) is 50.7 Å². The Hall–Kier alpha value is -3.20. The second-order valence-electron chi connectivity index (χ2n) is 11.6. The normalized spacial score (nSPS) is 13.3. The molecule has 0 saturated heterocycles. The van der Waals surface area contributed by atoms with Crippen molar-refractivity contribution >= 4 is 35.4 Å². The number of aromatic hydroxyl groups is 1. The molecule has 3 amide bonds. The number of carbonyl (C=O) groups is 3. The van der Waals surface area contributed by atoms with E-state index in [0.29, 0.717) is 17.9 Å². The van der Waals surface area contributed by atoms with Crippen LogP contribution in [0.5, 0.6) is 5.75 Å². The largest absolute Gasteiger partial charge is 0.508 e. The number of thioether (sulfide) groups is 1. The van der Waals surface area contributed by atoms with Crippen molar-refractivity contribution in [2.45, 2.75) is 85.0 Å². The van der Waals surface area contributed by atoms with Crippen molar-refractivity contribution in [1.82, 2.24) is 10.2 Å². The quantitative estimate of drug-likeness (QED) is 0.351. The maximum atomic E-state index is 14.3. The van der Waals surface area contributed by atoms with Gasteiger partial charge in [0.15, 0.2) is 0 Å². The van der Waals surface area contributed by atoms with E-state index >= 15 is 0 Å². The van der Waals surface area contributed by atoms with Crippen LogP contribution in [0.4, 0.5) is 10.5 Å². The molecule has 0 aliphatic heterocycles. The highest BCUT2D eigenvalue weighted by atomic mass is 32.2. The Kier molecular flexibility index (Phi) is 10.9. The van der Waals surface area contributed by atoms with Crippen molar-refractivity contribution in [1.29, 1.82) is 0 Å². The first-order chi connectivity index (χ1) is 18.1. The number of phenolic OH excluding ortho intramolecular Hbond substituents is 1. The van der Waals surface area contributed by atoms with Crippen LogP contribution < -0.4 is 10.6 Å². The molecular weight excluding hydrogens is 514 g/mol. The van der Waals surface area contributed by atoms with E-state index < -0.39 is 41.1 Å². The Labute approximate surface area is 236 Å². The fourth-order valence-corrected chi connectivity index (χ4v) is 4.75. The van der Waals surface area contributed by atoms with Crippen molar-refractivity contribution in [3.05, 3.63) is 59.2 Å². The molecule has 0 spiro atoms. The van der Waals surface area contributed by atoms with Gasteiger partial charge in [-0.25, -0.2) is 4.79 Å². The third-order valence-electron chi connectivity index (χ3n) is 6.03. The summed E-state index contributed by atoms with van der Waals surface area (Å²) in [5, 5.41) is 16.6. The molecule has 0 heterocycles. The zero-order chi connectivity index (χ0) is 29.5. The lowest BCUT2D eigenvalue weighted by atomic mass is 9.94. The molecule has 2 rings (SSSR count). The summed E-state index contributed by atoms with van der Waals surface area (Å²) in [7, 11) is 0. The molecule has 0 radical (unpaired) electrons. The fraction of sp³-hybridized carbons (Fsp3) is 0.500. The highest BCUT2D eigenvalue weighted by Crippen LogP contribution is 2.36. The van der Waals surface area contributed by atoms with Crippen molar-refractivity contribution in [2.75, 3.05) is 17.3 Å². The van der Waals surface area contributed by atoms with Crippen LogP contribution in [0, 0.1) is 13.8 Å². The van der Waals surface area contributed by atoms with Gasteiger partial charge >= 0.3 is 6.09 Å². The van der Waals surface area contributed by atoms with Crippen LogP contribution in [0.1, 0.15) is 70.7 Å². The molecule has 0 saturated carbocycles. The Morgan fingerprint density at radius 1 is 0.974 bits per heavy atom. The molecule has 3 N–H and O–H groups in total. The minimum absolute atomic E-state index is 0.109. The highest BCUT2D eigenvalue weighted by Gasteiger charge is 2.42. The molecular formula is C30H43N3O5S. The third-order valence-corrected chi connectivity index (χ3v) is 6.67. The number of ether oxygens (including phenoxy) is 1. The highest BCUT2D eigenvalue weighted by molar-refractivity contribution is 7.98. The summed E-state index contributed by atoms with van der Waals surface area (Å²) in [5.74, 6) is -0.438. The van der Waals surface area contributed by atoms with Crippen molar-refractivity contribution < 1.29 is 24.2 Å². The second-order valence-corrected chi connectivity index (χ2v) is 12.6. The molecule has 214 valence electrons. The number of alkyl carbamates (subject to hydrolysis) is 1. The summed E-state index contributed by atoms with van der Waals surface area (Å²) >= 11 is 1.54. The number of benzene rings is 2. The summed E-state index contributed by atoms with van der Waals surface area (Å²) in [4.78, 5) is 42.5. The molecule has 2 aromatic carbocycles. The van der Waals surface area contributed by atoms with Gasteiger partial charge < -0.3 is 25.4 Å². The molecule has 2 aromatic rings. The van der Waals surface area contributed by atoms with Gasteiger partial charge in [0.25, 0.3) is 5.91 Å². The lowest BCUT2D eigenvalue weighted by Gasteiger charge is -2.43. The van der Waals surface area contributed by atoms with E-state index in [-0.39, 0.29) is 11.3 Å². The first kappa shape index (κ1) is 32.0. The number of nitrogens with one attached hydrogen (secondary N) is 2. The number of hydrogen-bond donors (Lipinski definition) is 3. The maximum absolute atomic E-state index is 14.3. The number of anilines is 1. The van der Waals surface area contributed by atoms with Crippen molar-refractivity contribution in [3.63, 3.8) is 0 Å². The Balaban J connectivity index is 2.63. The molecule has 0 bridgehead atoms. The van der Waals surface area contributed by atoms with Crippen molar-refractivity contribution in [2.24, 2.45) is 0 Å². The van der Waals surface area contributed by atoms with Gasteiger partial charge in [-0.2, -0.15) is 11.8 Å². The molecule has 9 heteroatoms. The lowest BCUT2D eigenvalue weighted by molar-refractivity contribution is -0.146.